The van der Waals surface area contributed by atoms with Crippen LogP contribution in [-0.2, 0) is 5.41 Å². The number of nitrogens with one attached hydrogen (secondary N) is 1. The Bertz CT molecular complexity index is 407. The summed E-state index contributed by atoms with van der Waals surface area (Å²) in [4.78, 5) is 0. The summed E-state index contributed by atoms with van der Waals surface area (Å²) >= 11 is 0. The summed E-state index contributed by atoms with van der Waals surface area (Å²) in [7, 11) is 1.49. The van der Waals surface area contributed by atoms with Gasteiger partial charge in [0.05, 0.1) is 7.11 Å². The zero-order valence-corrected chi connectivity index (χ0v) is 8.72. The predicted molar refractivity (Wildman–Crippen MR) is 55.6 cm³/mol. The maximum absolute atomic E-state index is 13.5. The summed E-state index contributed by atoms with van der Waals surface area (Å²) in [6.07, 6.45) is 1.20. The number of piperidine rings is 1. The Kier molecular flexibility index (Phi) is 1.80. The molecule has 1 aliphatic carbocycles. The fraction of sp³-hybridized carbons (Fsp3) is 0.500. The van der Waals surface area contributed by atoms with Crippen LogP contribution in [0.1, 0.15) is 12.0 Å². The molecular weight excluding hydrogens is 193 g/mol. The van der Waals surface area contributed by atoms with Crippen LogP contribution in [-0.4, -0.2) is 20.2 Å². The van der Waals surface area contributed by atoms with Gasteiger partial charge in [-0.15, -0.1) is 0 Å². The first-order chi connectivity index (χ1) is 7.26. The van der Waals surface area contributed by atoms with Gasteiger partial charge in [0.1, 0.15) is 0 Å². The second-order valence-electron chi connectivity index (χ2n) is 4.54. The molecule has 1 saturated heterocycles. The molecule has 0 bridgehead atoms. The van der Waals surface area contributed by atoms with Crippen molar-refractivity contribution in [2.24, 2.45) is 5.92 Å². The van der Waals surface area contributed by atoms with Gasteiger partial charge < -0.3 is 10.1 Å². The second-order valence-corrected chi connectivity index (χ2v) is 4.54. The minimum Gasteiger partial charge on any atom is -0.494 e. The molecule has 0 amide bonds. The van der Waals surface area contributed by atoms with Crippen molar-refractivity contribution in [3.05, 3.63) is 29.6 Å². The summed E-state index contributed by atoms with van der Waals surface area (Å²) in [6, 6.07) is 5.36. The molecule has 2 aliphatic rings. The molecule has 1 aliphatic heterocycles. The van der Waals surface area contributed by atoms with Crippen molar-refractivity contribution in [3.63, 3.8) is 0 Å². The van der Waals surface area contributed by atoms with Crippen LogP contribution in [0.15, 0.2) is 18.2 Å². The molecule has 0 radical (unpaired) electrons. The average molecular weight is 207 g/mol. The highest BCUT2D eigenvalue weighted by atomic mass is 19.1. The van der Waals surface area contributed by atoms with Gasteiger partial charge in [-0.05, 0) is 36.6 Å². The van der Waals surface area contributed by atoms with E-state index in [-0.39, 0.29) is 11.2 Å². The molecule has 2 nitrogen and oxygen atoms in total. The number of fused-ring (bicyclic) bond motifs is 1. The van der Waals surface area contributed by atoms with Crippen LogP contribution in [0.25, 0.3) is 0 Å². The number of halogens is 1. The van der Waals surface area contributed by atoms with E-state index >= 15 is 0 Å². The summed E-state index contributed by atoms with van der Waals surface area (Å²) in [6.45, 7) is 2.07. The van der Waals surface area contributed by atoms with Crippen LogP contribution >= 0.6 is 0 Å². The van der Waals surface area contributed by atoms with Gasteiger partial charge >= 0.3 is 0 Å². The molecule has 1 saturated carbocycles. The number of methoxy groups -OCH3 is 1. The zero-order valence-electron chi connectivity index (χ0n) is 8.72. The number of hydrogen-bond donors (Lipinski definition) is 1. The topological polar surface area (TPSA) is 21.3 Å². The first kappa shape index (κ1) is 9.16. The highest BCUT2D eigenvalue weighted by Gasteiger charge is 2.58. The molecule has 1 aromatic rings. The summed E-state index contributed by atoms with van der Waals surface area (Å²) in [5, 5.41) is 3.36. The van der Waals surface area contributed by atoms with Gasteiger partial charge in [0.2, 0.25) is 0 Å². The van der Waals surface area contributed by atoms with Gasteiger partial charge in [-0.2, -0.15) is 0 Å². The van der Waals surface area contributed by atoms with E-state index in [1.807, 2.05) is 6.07 Å². The highest BCUT2D eigenvalue weighted by molar-refractivity contribution is 5.40. The van der Waals surface area contributed by atoms with E-state index in [9.17, 15) is 4.39 Å². The Labute approximate surface area is 88.4 Å². The maximum Gasteiger partial charge on any atom is 0.165 e. The lowest BCUT2D eigenvalue weighted by atomic mass is 9.95. The van der Waals surface area contributed by atoms with E-state index in [1.54, 1.807) is 12.1 Å². The van der Waals surface area contributed by atoms with Crippen molar-refractivity contribution in [3.8, 4) is 5.75 Å². The number of rotatable bonds is 2. The van der Waals surface area contributed by atoms with Crippen LogP contribution in [0.4, 0.5) is 4.39 Å². The van der Waals surface area contributed by atoms with Crippen molar-refractivity contribution < 1.29 is 9.13 Å². The van der Waals surface area contributed by atoms with Gasteiger partial charge in [0.15, 0.2) is 11.6 Å². The monoisotopic (exact) mass is 207 g/mol. The highest BCUT2D eigenvalue weighted by Crippen LogP contribution is 2.56. The first-order valence-corrected chi connectivity index (χ1v) is 5.31. The van der Waals surface area contributed by atoms with Gasteiger partial charge in [-0.1, -0.05) is 6.07 Å². The third-order valence-corrected chi connectivity index (χ3v) is 3.79. The Morgan fingerprint density at radius 1 is 1.53 bits per heavy atom. The Morgan fingerprint density at radius 2 is 2.40 bits per heavy atom. The first-order valence-electron chi connectivity index (χ1n) is 5.31. The van der Waals surface area contributed by atoms with Gasteiger partial charge in [0, 0.05) is 12.0 Å². The van der Waals surface area contributed by atoms with Crippen LogP contribution in [0.2, 0.25) is 0 Å². The second kappa shape index (κ2) is 2.95. The van der Waals surface area contributed by atoms with Crippen LogP contribution in [0.5, 0.6) is 5.75 Å². The molecule has 2 atom stereocenters. The molecule has 2 unspecified atom stereocenters. The molecule has 0 spiro atoms. The third-order valence-electron chi connectivity index (χ3n) is 3.79. The smallest absolute Gasteiger partial charge is 0.165 e. The fourth-order valence-corrected chi connectivity index (χ4v) is 2.77. The predicted octanol–water partition coefficient (Wildman–Crippen LogP) is 1.70. The standard InChI is InChI=1S/C12H14FNO/c1-15-11-3-2-8(4-10(11)13)12-5-9(12)6-14-7-12/h2-4,9,14H,5-7H2,1H3. The fourth-order valence-electron chi connectivity index (χ4n) is 2.77. The van der Waals surface area contributed by atoms with Crippen molar-refractivity contribution in [2.45, 2.75) is 11.8 Å². The van der Waals surface area contributed by atoms with Crippen molar-refractivity contribution >= 4 is 0 Å². The van der Waals surface area contributed by atoms with Crippen molar-refractivity contribution in [1.82, 2.24) is 5.32 Å². The molecule has 1 heterocycles. The molecule has 1 N–H and O–H groups in total. The molecule has 2 fully saturated rings. The number of benzene rings is 1. The summed E-state index contributed by atoms with van der Waals surface area (Å²) < 4.78 is 18.5. The van der Waals surface area contributed by atoms with Gasteiger partial charge in [-0.25, -0.2) is 4.39 Å². The van der Waals surface area contributed by atoms with E-state index < -0.39 is 0 Å². The molecular formula is C12H14FNO. The summed E-state index contributed by atoms with van der Waals surface area (Å²) in [5.41, 5.74) is 1.35. The van der Waals surface area contributed by atoms with Crippen LogP contribution < -0.4 is 10.1 Å². The lowest BCUT2D eigenvalue weighted by molar-refractivity contribution is 0.385. The molecule has 0 aromatic heterocycles. The number of ether oxygens (including phenoxy) is 1. The minimum absolute atomic E-state index is 0.229. The lowest BCUT2D eigenvalue weighted by Gasteiger charge is -2.13. The van der Waals surface area contributed by atoms with E-state index in [2.05, 4.69) is 5.32 Å². The van der Waals surface area contributed by atoms with Crippen molar-refractivity contribution in [2.75, 3.05) is 20.2 Å². The molecule has 3 heteroatoms. The average Bonchev–Trinajstić information content (AvgIpc) is 2.82. The molecule has 15 heavy (non-hydrogen) atoms. The van der Waals surface area contributed by atoms with E-state index in [1.165, 1.54) is 13.5 Å². The largest absolute Gasteiger partial charge is 0.494 e. The van der Waals surface area contributed by atoms with Crippen molar-refractivity contribution in [1.29, 1.82) is 0 Å². The molecule has 1 aromatic carbocycles. The normalized spacial score (nSPS) is 32.5. The lowest BCUT2D eigenvalue weighted by Crippen LogP contribution is -2.19. The van der Waals surface area contributed by atoms with E-state index in [0.717, 1.165) is 18.7 Å². The quantitative estimate of drug-likeness (QED) is 0.797. The van der Waals surface area contributed by atoms with Gasteiger partial charge in [0.25, 0.3) is 0 Å². The zero-order chi connectivity index (χ0) is 10.5. The summed E-state index contributed by atoms with van der Waals surface area (Å²) in [5.74, 6) is 0.797. The Morgan fingerprint density at radius 3 is 2.93 bits per heavy atom. The maximum atomic E-state index is 13.5. The van der Waals surface area contributed by atoms with E-state index in [0.29, 0.717) is 11.7 Å². The Balaban J connectivity index is 1.97. The SMILES string of the molecule is COc1ccc(C23CNCC2C3)cc1F. The molecule has 80 valence electrons. The van der Waals surface area contributed by atoms with E-state index in [4.69, 9.17) is 4.74 Å². The van der Waals surface area contributed by atoms with Gasteiger partial charge in [-0.3, -0.25) is 0 Å². The third kappa shape index (κ3) is 1.19. The van der Waals surface area contributed by atoms with Crippen LogP contribution in [0, 0.1) is 11.7 Å². The Hall–Kier alpha value is -1.09. The van der Waals surface area contributed by atoms with Crippen LogP contribution in [0.3, 0.4) is 0 Å². The molecule has 3 rings (SSSR count). The minimum atomic E-state index is -0.248. The number of hydrogen-bond acceptors (Lipinski definition) is 2.